The molecular formula is C12H23N3O2. The molecular weight excluding hydrogens is 218 g/mol. The van der Waals surface area contributed by atoms with E-state index in [1.165, 1.54) is 25.7 Å². The maximum atomic E-state index is 10.7. The van der Waals surface area contributed by atoms with Crippen molar-refractivity contribution in [1.82, 2.24) is 9.80 Å². The van der Waals surface area contributed by atoms with Crippen LogP contribution in [-0.2, 0) is 4.79 Å². The lowest BCUT2D eigenvalue weighted by Gasteiger charge is -2.38. The van der Waals surface area contributed by atoms with Crippen LogP contribution in [-0.4, -0.2) is 65.7 Å². The summed E-state index contributed by atoms with van der Waals surface area (Å²) in [6, 6.07) is 0.0401. The highest BCUT2D eigenvalue weighted by Crippen LogP contribution is 2.24. The number of carbonyl (C=O) groups is 1. The molecule has 1 heterocycles. The van der Waals surface area contributed by atoms with Crippen LogP contribution in [0.5, 0.6) is 0 Å². The SMILES string of the molecule is NC(CN1CCN(C2CCCC2)CC1)C(=O)O. The van der Waals surface area contributed by atoms with Gasteiger partial charge in [-0.25, -0.2) is 0 Å². The molecule has 1 aliphatic heterocycles. The van der Waals surface area contributed by atoms with Crippen LogP contribution < -0.4 is 5.73 Å². The molecule has 1 saturated heterocycles. The van der Waals surface area contributed by atoms with Gasteiger partial charge in [-0.05, 0) is 12.8 Å². The Morgan fingerprint density at radius 1 is 1.24 bits per heavy atom. The Morgan fingerprint density at radius 2 is 1.82 bits per heavy atom. The van der Waals surface area contributed by atoms with Gasteiger partial charge in [0.2, 0.25) is 0 Å². The summed E-state index contributed by atoms with van der Waals surface area (Å²) in [6.45, 7) is 4.52. The fourth-order valence-corrected chi connectivity index (χ4v) is 2.94. The Hall–Kier alpha value is -0.650. The van der Waals surface area contributed by atoms with Crippen LogP contribution in [0.2, 0.25) is 0 Å². The first-order valence-electron chi connectivity index (χ1n) is 6.61. The van der Waals surface area contributed by atoms with Crippen molar-refractivity contribution in [2.24, 2.45) is 5.73 Å². The number of nitrogens with zero attached hydrogens (tertiary/aromatic N) is 2. The Labute approximate surface area is 103 Å². The van der Waals surface area contributed by atoms with Crippen molar-refractivity contribution >= 4 is 5.97 Å². The summed E-state index contributed by atoms with van der Waals surface area (Å²) in [5.74, 6) is -0.900. The van der Waals surface area contributed by atoms with Crippen LogP contribution in [0.1, 0.15) is 25.7 Å². The molecule has 1 aliphatic carbocycles. The van der Waals surface area contributed by atoms with Gasteiger partial charge in [0.15, 0.2) is 0 Å². The molecule has 0 amide bonds. The molecule has 5 nitrogen and oxygen atoms in total. The van der Waals surface area contributed by atoms with E-state index in [4.69, 9.17) is 10.8 Å². The smallest absolute Gasteiger partial charge is 0.321 e. The average Bonchev–Trinajstić information content (AvgIpc) is 2.83. The van der Waals surface area contributed by atoms with Crippen LogP contribution in [0.25, 0.3) is 0 Å². The molecule has 5 heteroatoms. The van der Waals surface area contributed by atoms with Gasteiger partial charge in [-0.2, -0.15) is 0 Å². The second kappa shape index (κ2) is 5.80. The van der Waals surface area contributed by atoms with E-state index >= 15 is 0 Å². The Balaban J connectivity index is 1.72. The van der Waals surface area contributed by atoms with Crippen molar-refractivity contribution in [3.05, 3.63) is 0 Å². The summed E-state index contributed by atoms with van der Waals surface area (Å²) in [6.07, 6.45) is 5.42. The minimum absolute atomic E-state index is 0.480. The number of hydrogen-bond donors (Lipinski definition) is 2. The third-order valence-electron chi connectivity index (χ3n) is 4.02. The Morgan fingerprint density at radius 3 is 2.35 bits per heavy atom. The van der Waals surface area contributed by atoms with Crippen molar-refractivity contribution in [2.45, 2.75) is 37.8 Å². The highest BCUT2D eigenvalue weighted by atomic mass is 16.4. The average molecular weight is 241 g/mol. The molecule has 0 aromatic rings. The summed E-state index contributed by atoms with van der Waals surface area (Å²) in [5, 5.41) is 8.78. The normalized spacial score (nSPS) is 26.2. The molecule has 1 atom stereocenters. The molecule has 0 aromatic carbocycles. The Kier molecular flexibility index (Phi) is 4.36. The maximum Gasteiger partial charge on any atom is 0.321 e. The lowest BCUT2D eigenvalue weighted by molar-refractivity contribution is -0.139. The van der Waals surface area contributed by atoms with Gasteiger partial charge < -0.3 is 10.8 Å². The topological polar surface area (TPSA) is 69.8 Å². The summed E-state index contributed by atoms with van der Waals surface area (Å²) < 4.78 is 0. The molecule has 2 fully saturated rings. The van der Waals surface area contributed by atoms with Crippen molar-refractivity contribution in [3.63, 3.8) is 0 Å². The molecule has 98 valence electrons. The predicted molar refractivity (Wildman–Crippen MR) is 65.9 cm³/mol. The highest BCUT2D eigenvalue weighted by molar-refractivity contribution is 5.73. The third kappa shape index (κ3) is 3.40. The largest absolute Gasteiger partial charge is 0.480 e. The minimum atomic E-state index is -0.900. The highest BCUT2D eigenvalue weighted by Gasteiger charge is 2.27. The summed E-state index contributed by atoms with van der Waals surface area (Å²) in [7, 11) is 0. The first-order chi connectivity index (χ1) is 8.16. The molecule has 1 unspecified atom stereocenters. The van der Waals surface area contributed by atoms with E-state index in [1.807, 2.05) is 0 Å². The standard InChI is InChI=1S/C12H23N3O2/c13-11(12(16)17)9-14-5-7-15(8-6-14)10-3-1-2-4-10/h10-11H,1-9,13H2,(H,16,17). The van der Waals surface area contributed by atoms with Crippen LogP contribution in [0.3, 0.4) is 0 Å². The predicted octanol–water partition coefficient (Wildman–Crippen LogP) is -0.0415. The lowest BCUT2D eigenvalue weighted by Crippen LogP contribution is -2.53. The quantitative estimate of drug-likeness (QED) is 0.722. The summed E-state index contributed by atoms with van der Waals surface area (Å²) in [5.41, 5.74) is 5.55. The first-order valence-corrected chi connectivity index (χ1v) is 6.61. The van der Waals surface area contributed by atoms with E-state index in [0.717, 1.165) is 32.2 Å². The minimum Gasteiger partial charge on any atom is -0.480 e. The van der Waals surface area contributed by atoms with E-state index in [2.05, 4.69) is 9.80 Å². The van der Waals surface area contributed by atoms with Crippen molar-refractivity contribution < 1.29 is 9.90 Å². The molecule has 0 aromatic heterocycles. The monoisotopic (exact) mass is 241 g/mol. The van der Waals surface area contributed by atoms with Gasteiger partial charge in [0.05, 0.1) is 0 Å². The summed E-state index contributed by atoms with van der Waals surface area (Å²) >= 11 is 0. The fraction of sp³-hybridized carbons (Fsp3) is 0.917. The summed E-state index contributed by atoms with van der Waals surface area (Å²) in [4.78, 5) is 15.4. The second-order valence-electron chi connectivity index (χ2n) is 5.22. The van der Waals surface area contributed by atoms with Crippen molar-refractivity contribution in [3.8, 4) is 0 Å². The van der Waals surface area contributed by atoms with E-state index < -0.39 is 12.0 Å². The van der Waals surface area contributed by atoms with Crippen molar-refractivity contribution in [2.75, 3.05) is 32.7 Å². The van der Waals surface area contributed by atoms with Crippen LogP contribution in [0.15, 0.2) is 0 Å². The van der Waals surface area contributed by atoms with Crippen molar-refractivity contribution in [1.29, 1.82) is 0 Å². The maximum absolute atomic E-state index is 10.7. The number of hydrogen-bond acceptors (Lipinski definition) is 4. The molecule has 0 radical (unpaired) electrons. The zero-order valence-electron chi connectivity index (χ0n) is 10.3. The molecule has 3 N–H and O–H groups in total. The first kappa shape index (κ1) is 12.8. The van der Waals surface area contributed by atoms with Crippen LogP contribution in [0, 0.1) is 0 Å². The molecule has 17 heavy (non-hydrogen) atoms. The number of carboxylic acids is 1. The molecule has 2 rings (SSSR count). The zero-order valence-corrected chi connectivity index (χ0v) is 10.3. The van der Waals surface area contributed by atoms with E-state index in [-0.39, 0.29) is 0 Å². The number of nitrogens with two attached hydrogens (primary N) is 1. The lowest BCUT2D eigenvalue weighted by atomic mass is 10.1. The van der Waals surface area contributed by atoms with Gasteiger partial charge in [-0.3, -0.25) is 14.6 Å². The second-order valence-corrected chi connectivity index (χ2v) is 5.22. The third-order valence-corrected chi connectivity index (χ3v) is 4.02. The molecule has 1 saturated carbocycles. The number of aliphatic carboxylic acids is 1. The molecule has 0 bridgehead atoms. The van der Waals surface area contributed by atoms with Gasteiger partial charge in [-0.1, -0.05) is 12.8 Å². The van der Waals surface area contributed by atoms with Crippen LogP contribution >= 0.6 is 0 Å². The van der Waals surface area contributed by atoms with E-state index in [9.17, 15) is 4.79 Å². The van der Waals surface area contributed by atoms with Gasteiger partial charge in [0.1, 0.15) is 6.04 Å². The number of rotatable bonds is 4. The number of piperazine rings is 1. The van der Waals surface area contributed by atoms with Gasteiger partial charge in [0.25, 0.3) is 0 Å². The van der Waals surface area contributed by atoms with Gasteiger partial charge >= 0.3 is 5.97 Å². The van der Waals surface area contributed by atoms with Crippen LogP contribution in [0.4, 0.5) is 0 Å². The molecule has 2 aliphatic rings. The van der Waals surface area contributed by atoms with E-state index in [0.29, 0.717) is 6.54 Å². The fourth-order valence-electron chi connectivity index (χ4n) is 2.94. The molecule has 0 spiro atoms. The zero-order chi connectivity index (χ0) is 12.3. The van der Waals surface area contributed by atoms with Gasteiger partial charge in [0, 0.05) is 38.8 Å². The van der Waals surface area contributed by atoms with E-state index in [1.54, 1.807) is 0 Å². The Bertz CT molecular complexity index is 258. The van der Waals surface area contributed by atoms with Gasteiger partial charge in [-0.15, -0.1) is 0 Å². The number of carboxylic acid groups (broad SMARTS) is 1.